The highest BCUT2D eigenvalue weighted by molar-refractivity contribution is 5.99. The summed E-state index contributed by atoms with van der Waals surface area (Å²) in [6.45, 7) is 9.78. The SMILES string of the molecule is CC(C)c1cccc(C(C)C)c1NC(=O)CN(CO)C(=O)N(c1ccccc1)C1(C)CCCCCC1. The molecule has 2 aromatic rings. The number of aliphatic hydroxyl groups excluding tert-OH is 1. The van der Waals surface area contributed by atoms with Crippen molar-refractivity contribution in [2.45, 2.75) is 90.5 Å². The van der Waals surface area contributed by atoms with Crippen molar-refractivity contribution >= 4 is 23.3 Å². The smallest absolute Gasteiger partial charge is 0.327 e. The summed E-state index contributed by atoms with van der Waals surface area (Å²) in [6, 6.07) is 15.4. The van der Waals surface area contributed by atoms with Crippen LogP contribution in [0.1, 0.15) is 96.1 Å². The van der Waals surface area contributed by atoms with Gasteiger partial charge in [0, 0.05) is 16.9 Å². The maximum absolute atomic E-state index is 13.9. The standard InChI is InChI=1S/C30H43N3O3/c1-22(2)25-16-13-17-26(23(3)4)28(25)31-27(35)20-32(21-34)29(36)33(24-14-9-8-10-15-24)30(5)18-11-6-7-12-19-30/h8-10,13-17,22-23,34H,6-7,11-12,18-21H2,1-5H3,(H,31,35). The summed E-state index contributed by atoms with van der Waals surface area (Å²) in [4.78, 5) is 30.3. The summed E-state index contributed by atoms with van der Waals surface area (Å²) in [5.41, 5.74) is 3.35. The molecule has 0 bridgehead atoms. The number of nitrogens with one attached hydrogen (secondary N) is 1. The summed E-state index contributed by atoms with van der Waals surface area (Å²) in [5.74, 6) is 0.156. The Hall–Kier alpha value is -2.86. The average Bonchev–Trinajstić information content (AvgIpc) is 3.07. The molecule has 0 radical (unpaired) electrons. The lowest BCUT2D eigenvalue weighted by Gasteiger charge is -2.43. The zero-order chi connectivity index (χ0) is 26.3. The number of hydrogen-bond acceptors (Lipinski definition) is 3. The van der Waals surface area contributed by atoms with E-state index >= 15 is 0 Å². The highest BCUT2D eigenvalue weighted by Gasteiger charge is 2.39. The molecule has 0 unspecified atom stereocenters. The Labute approximate surface area is 216 Å². The van der Waals surface area contributed by atoms with Crippen molar-refractivity contribution in [1.82, 2.24) is 4.90 Å². The van der Waals surface area contributed by atoms with Gasteiger partial charge in [0.15, 0.2) is 0 Å². The molecule has 196 valence electrons. The summed E-state index contributed by atoms with van der Waals surface area (Å²) in [6.07, 6.45) is 6.20. The zero-order valence-corrected chi connectivity index (χ0v) is 22.6. The molecule has 0 aromatic heterocycles. The maximum atomic E-state index is 13.9. The quantitative estimate of drug-likeness (QED) is 0.311. The second-order valence-electron chi connectivity index (χ2n) is 10.9. The number of benzene rings is 2. The van der Waals surface area contributed by atoms with Crippen LogP contribution in [-0.4, -0.2) is 40.8 Å². The zero-order valence-electron chi connectivity index (χ0n) is 22.6. The van der Waals surface area contributed by atoms with Crippen LogP contribution in [0.3, 0.4) is 0 Å². The number of urea groups is 1. The second kappa shape index (κ2) is 12.4. The number of amides is 3. The van der Waals surface area contributed by atoms with Crippen LogP contribution >= 0.6 is 0 Å². The van der Waals surface area contributed by atoms with E-state index in [1.807, 2.05) is 53.4 Å². The number of anilines is 2. The third-order valence-corrected chi connectivity index (χ3v) is 7.34. The maximum Gasteiger partial charge on any atom is 0.327 e. The first-order valence-electron chi connectivity index (χ1n) is 13.4. The van der Waals surface area contributed by atoms with Crippen molar-refractivity contribution in [3.63, 3.8) is 0 Å². The fourth-order valence-corrected chi connectivity index (χ4v) is 5.31. The molecule has 3 rings (SSSR count). The van der Waals surface area contributed by atoms with Crippen LogP contribution in [0.4, 0.5) is 16.2 Å². The molecule has 0 heterocycles. The van der Waals surface area contributed by atoms with Gasteiger partial charge in [0.05, 0.1) is 0 Å². The molecule has 0 atom stereocenters. The van der Waals surface area contributed by atoms with Gasteiger partial charge >= 0.3 is 6.03 Å². The van der Waals surface area contributed by atoms with Crippen LogP contribution in [0.15, 0.2) is 48.5 Å². The lowest BCUT2D eigenvalue weighted by Crippen LogP contribution is -2.56. The summed E-state index contributed by atoms with van der Waals surface area (Å²) >= 11 is 0. The highest BCUT2D eigenvalue weighted by Crippen LogP contribution is 2.37. The van der Waals surface area contributed by atoms with E-state index in [4.69, 9.17) is 0 Å². The van der Waals surface area contributed by atoms with E-state index in [1.165, 1.54) is 4.90 Å². The molecule has 0 saturated heterocycles. The number of carbonyl (C=O) groups is 2. The van der Waals surface area contributed by atoms with Gasteiger partial charge in [-0.1, -0.05) is 89.8 Å². The van der Waals surface area contributed by atoms with E-state index in [9.17, 15) is 14.7 Å². The van der Waals surface area contributed by atoms with Gasteiger partial charge in [0.2, 0.25) is 5.91 Å². The van der Waals surface area contributed by atoms with Gasteiger partial charge in [-0.05, 0) is 54.9 Å². The molecule has 0 aliphatic heterocycles. The van der Waals surface area contributed by atoms with Gasteiger partial charge in [-0.25, -0.2) is 4.79 Å². The number of carbonyl (C=O) groups excluding carboxylic acids is 2. The lowest BCUT2D eigenvalue weighted by molar-refractivity contribution is -0.117. The van der Waals surface area contributed by atoms with Gasteiger partial charge in [-0.2, -0.15) is 0 Å². The number of rotatable bonds is 8. The average molecular weight is 494 g/mol. The fraction of sp³-hybridized carbons (Fsp3) is 0.533. The molecular weight excluding hydrogens is 450 g/mol. The van der Waals surface area contributed by atoms with E-state index in [2.05, 4.69) is 39.9 Å². The molecule has 0 spiro atoms. The monoisotopic (exact) mass is 493 g/mol. The van der Waals surface area contributed by atoms with Crippen LogP contribution in [0.5, 0.6) is 0 Å². The normalized spacial score (nSPS) is 15.4. The molecule has 2 aromatic carbocycles. The molecule has 1 aliphatic rings. The molecule has 6 nitrogen and oxygen atoms in total. The van der Waals surface area contributed by atoms with Crippen molar-refractivity contribution < 1.29 is 14.7 Å². The summed E-state index contributed by atoms with van der Waals surface area (Å²) in [5, 5.41) is 13.3. The van der Waals surface area contributed by atoms with E-state index in [0.717, 1.165) is 61.0 Å². The largest absolute Gasteiger partial charge is 0.376 e. The highest BCUT2D eigenvalue weighted by atomic mass is 16.3. The van der Waals surface area contributed by atoms with Crippen LogP contribution < -0.4 is 10.2 Å². The molecule has 6 heteroatoms. The molecule has 3 amide bonds. The van der Waals surface area contributed by atoms with Gasteiger partial charge < -0.3 is 10.4 Å². The van der Waals surface area contributed by atoms with Crippen molar-refractivity contribution in [1.29, 1.82) is 0 Å². The van der Waals surface area contributed by atoms with E-state index in [-0.39, 0.29) is 35.9 Å². The van der Waals surface area contributed by atoms with E-state index in [1.54, 1.807) is 0 Å². The fourth-order valence-electron chi connectivity index (χ4n) is 5.31. The van der Waals surface area contributed by atoms with Crippen molar-refractivity contribution in [2.24, 2.45) is 0 Å². The summed E-state index contributed by atoms with van der Waals surface area (Å²) in [7, 11) is 0. The van der Waals surface area contributed by atoms with E-state index < -0.39 is 6.73 Å². The predicted molar refractivity (Wildman–Crippen MR) is 147 cm³/mol. The van der Waals surface area contributed by atoms with Crippen molar-refractivity contribution in [3.05, 3.63) is 59.7 Å². The first-order chi connectivity index (χ1) is 17.2. The lowest BCUT2D eigenvalue weighted by atomic mass is 9.90. The van der Waals surface area contributed by atoms with Gasteiger partial charge in [-0.3, -0.25) is 14.6 Å². The Balaban J connectivity index is 1.88. The number of nitrogens with zero attached hydrogens (tertiary/aromatic N) is 2. The minimum Gasteiger partial charge on any atom is -0.376 e. The molecular formula is C30H43N3O3. The molecule has 1 fully saturated rings. The van der Waals surface area contributed by atoms with Crippen LogP contribution in [-0.2, 0) is 4.79 Å². The second-order valence-corrected chi connectivity index (χ2v) is 10.9. The van der Waals surface area contributed by atoms with Crippen molar-refractivity contribution in [3.8, 4) is 0 Å². The van der Waals surface area contributed by atoms with Crippen molar-refractivity contribution in [2.75, 3.05) is 23.5 Å². The Kier molecular flexibility index (Phi) is 9.55. The predicted octanol–water partition coefficient (Wildman–Crippen LogP) is 6.86. The van der Waals surface area contributed by atoms with Crippen LogP contribution in [0, 0.1) is 0 Å². The minimum atomic E-state index is -0.533. The Morgan fingerprint density at radius 3 is 1.94 bits per heavy atom. The van der Waals surface area contributed by atoms with Crippen LogP contribution in [0.25, 0.3) is 0 Å². The Bertz CT molecular complexity index is 985. The first-order valence-corrected chi connectivity index (χ1v) is 13.4. The number of hydrogen-bond donors (Lipinski definition) is 2. The molecule has 1 saturated carbocycles. The Morgan fingerprint density at radius 1 is 0.889 bits per heavy atom. The minimum absolute atomic E-state index is 0.224. The van der Waals surface area contributed by atoms with Crippen LogP contribution in [0.2, 0.25) is 0 Å². The molecule has 1 aliphatic carbocycles. The third kappa shape index (κ3) is 6.47. The van der Waals surface area contributed by atoms with Gasteiger partial charge in [0.25, 0.3) is 0 Å². The van der Waals surface area contributed by atoms with Gasteiger partial charge in [0.1, 0.15) is 13.3 Å². The summed E-state index contributed by atoms with van der Waals surface area (Å²) < 4.78 is 0. The first kappa shape index (κ1) is 27.7. The molecule has 36 heavy (non-hydrogen) atoms. The van der Waals surface area contributed by atoms with Gasteiger partial charge in [-0.15, -0.1) is 0 Å². The number of aliphatic hydroxyl groups is 1. The number of para-hydroxylation sites is 2. The Morgan fingerprint density at radius 2 is 1.44 bits per heavy atom. The topological polar surface area (TPSA) is 72.9 Å². The van der Waals surface area contributed by atoms with E-state index in [0.29, 0.717) is 0 Å². The third-order valence-electron chi connectivity index (χ3n) is 7.34. The molecule has 2 N–H and O–H groups in total.